The van der Waals surface area contributed by atoms with Crippen LogP contribution in [0.1, 0.15) is 20.8 Å². The molecule has 7 heteroatoms. The lowest BCUT2D eigenvalue weighted by molar-refractivity contribution is -0.918. The van der Waals surface area contributed by atoms with Crippen molar-refractivity contribution in [3.63, 3.8) is 0 Å². The molecule has 136 valence electrons. The molecule has 0 aromatic rings. The van der Waals surface area contributed by atoms with Crippen LogP contribution < -0.4 is 0 Å². The van der Waals surface area contributed by atoms with Gasteiger partial charge in [-0.2, -0.15) is 0 Å². The molecule has 0 radical (unpaired) electrons. The molecule has 23 heavy (non-hydrogen) atoms. The maximum absolute atomic E-state index is 11.2. The van der Waals surface area contributed by atoms with Crippen LogP contribution in [0.5, 0.6) is 0 Å². The highest BCUT2D eigenvalue weighted by atomic mass is 79.9. The van der Waals surface area contributed by atoms with E-state index >= 15 is 0 Å². The number of methoxy groups -OCH3 is 2. The van der Waals surface area contributed by atoms with Crippen LogP contribution in [-0.2, 0) is 19.1 Å². The molecule has 0 bridgehead atoms. The molecule has 0 fully saturated rings. The highest BCUT2D eigenvalue weighted by Gasteiger charge is 2.24. The van der Waals surface area contributed by atoms with Gasteiger partial charge in [-0.15, -0.1) is 17.0 Å². The number of hydrogen-bond acceptors (Lipinski definition) is 4. The van der Waals surface area contributed by atoms with Gasteiger partial charge in [0.05, 0.1) is 39.4 Å². The van der Waals surface area contributed by atoms with Crippen LogP contribution in [0, 0.1) is 0 Å². The summed E-state index contributed by atoms with van der Waals surface area (Å²) in [5.41, 5.74) is 1.01. The lowest BCUT2D eigenvalue weighted by Gasteiger charge is -2.35. The monoisotopic (exact) mass is 458 g/mol. The fraction of sp³-hybridized carbons (Fsp3) is 0.625. The quantitative estimate of drug-likeness (QED) is 0.242. The summed E-state index contributed by atoms with van der Waals surface area (Å²) in [6.45, 7) is 17.3. The lowest BCUT2D eigenvalue weighted by Crippen LogP contribution is -2.49. The Morgan fingerprint density at radius 2 is 1.26 bits per heavy atom. The molecule has 0 amide bonds. The van der Waals surface area contributed by atoms with Gasteiger partial charge in [-0.25, -0.2) is 9.59 Å². The Morgan fingerprint density at radius 3 is 1.48 bits per heavy atom. The van der Waals surface area contributed by atoms with Gasteiger partial charge in [0.15, 0.2) is 0 Å². The summed E-state index contributed by atoms with van der Waals surface area (Å²) < 4.78 is 9.87. The number of nitrogens with zero attached hydrogens (tertiary/aromatic N) is 1. The minimum absolute atomic E-state index is 0. The summed E-state index contributed by atoms with van der Waals surface area (Å²) in [6.07, 6.45) is 0. The molecule has 0 aliphatic heterocycles. The molecule has 0 saturated carbocycles. The third kappa shape index (κ3) is 10.7. The van der Waals surface area contributed by atoms with Crippen LogP contribution in [-0.4, -0.2) is 62.2 Å². The standard InChI is InChI=1S/C11H22NO2.C5H7BrO2.BrH/c1-6-12(7-2,8-3)9-10(4)11(13)14-5;1-4(3-6)5(7)8-2;/h4,6-9H2,1-3,5H3;1,3H2,2H3;1H/q+1;;. The predicted octanol–water partition coefficient (Wildman–Crippen LogP) is 3.28. The van der Waals surface area contributed by atoms with Gasteiger partial charge < -0.3 is 14.0 Å². The zero-order valence-electron chi connectivity index (χ0n) is 14.8. The summed E-state index contributed by atoms with van der Waals surface area (Å²) in [6, 6.07) is 0. The van der Waals surface area contributed by atoms with Crippen LogP contribution in [0.4, 0.5) is 0 Å². The number of carbonyl (C=O) groups is 2. The molecule has 0 aromatic carbocycles. The lowest BCUT2D eigenvalue weighted by atomic mass is 10.2. The number of rotatable bonds is 8. The Balaban J connectivity index is -0.000000382. The topological polar surface area (TPSA) is 52.6 Å². The third-order valence-electron chi connectivity index (χ3n) is 3.65. The van der Waals surface area contributed by atoms with Gasteiger partial charge >= 0.3 is 11.9 Å². The number of likely N-dealkylation sites (N-methyl/N-ethyl adjacent to an activating group) is 1. The number of esters is 2. The number of carbonyl (C=O) groups excluding carboxylic acids is 2. The first-order chi connectivity index (χ1) is 10.3. The predicted molar refractivity (Wildman–Crippen MR) is 103 cm³/mol. The Bertz CT molecular complexity index is 371. The number of ether oxygens (including phenoxy) is 2. The molecule has 5 nitrogen and oxygen atoms in total. The fourth-order valence-electron chi connectivity index (χ4n) is 1.82. The van der Waals surface area contributed by atoms with Gasteiger partial charge in [0, 0.05) is 10.9 Å². The molecular weight excluding hydrogens is 430 g/mol. The van der Waals surface area contributed by atoms with E-state index in [0.29, 0.717) is 23.0 Å². The second-order valence-electron chi connectivity index (χ2n) is 4.77. The van der Waals surface area contributed by atoms with Crippen LogP contribution in [0.15, 0.2) is 24.3 Å². The van der Waals surface area contributed by atoms with Gasteiger partial charge in [0.1, 0.15) is 6.54 Å². The minimum Gasteiger partial charge on any atom is -0.466 e. The van der Waals surface area contributed by atoms with E-state index in [1.54, 1.807) is 0 Å². The first-order valence-corrected chi connectivity index (χ1v) is 8.32. The summed E-state index contributed by atoms with van der Waals surface area (Å²) in [4.78, 5) is 21.6. The smallest absolute Gasteiger partial charge is 0.338 e. The van der Waals surface area contributed by atoms with Crippen molar-refractivity contribution in [1.29, 1.82) is 0 Å². The maximum atomic E-state index is 11.2. The first-order valence-electron chi connectivity index (χ1n) is 7.20. The number of alkyl halides is 1. The van der Waals surface area contributed by atoms with Crippen molar-refractivity contribution >= 4 is 44.9 Å². The van der Waals surface area contributed by atoms with Gasteiger partial charge in [-0.05, 0) is 20.8 Å². The molecule has 0 aromatic heterocycles. The van der Waals surface area contributed by atoms with E-state index in [-0.39, 0.29) is 28.9 Å². The number of halogens is 2. The highest BCUT2D eigenvalue weighted by Crippen LogP contribution is 2.10. The van der Waals surface area contributed by atoms with E-state index in [1.807, 2.05) is 0 Å². The Morgan fingerprint density at radius 1 is 0.913 bits per heavy atom. The zero-order valence-corrected chi connectivity index (χ0v) is 18.1. The molecule has 0 atom stereocenters. The van der Waals surface area contributed by atoms with Crippen LogP contribution in [0.25, 0.3) is 0 Å². The van der Waals surface area contributed by atoms with E-state index < -0.39 is 0 Å². The normalized spacial score (nSPS) is 9.65. The highest BCUT2D eigenvalue weighted by molar-refractivity contribution is 9.09. The van der Waals surface area contributed by atoms with E-state index in [2.05, 4.69) is 59.3 Å². The SMILES string of the molecule is Br.C=C(CBr)C(=O)OC.C=C(C[N+](CC)(CC)CC)C(=O)OC. The van der Waals surface area contributed by atoms with Crippen molar-refractivity contribution in [1.82, 2.24) is 0 Å². The molecule has 0 saturated heterocycles. The van der Waals surface area contributed by atoms with Crippen LogP contribution in [0.2, 0.25) is 0 Å². The Hall–Kier alpha value is -0.660. The summed E-state index contributed by atoms with van der Waals surface area (Å²) in [5.74, 6) is -0.648. The molecule has 0 heterocycles. The van der Waals surface area contributed by atoms with Crippen molar-refractivity contribution in [3.05, 3.63) is 24.3 Å². The molecular formula is C16H30Br2NO4+. The van der Waals surface area contributed by atoms with Gasteiger partial charge in [0.2, 0.25) is 0 Å². The van der Waals surface area contributed by atoms with E-state index in [0.717, 1.165) is 24.1 Å². The van der Waals surface area contributed by atoms with Crippen molar-refractivity contribution in [2.24, 2.45) is 0 Å². The van der Waals surface area contributed by atoms with E-state index in [9.17, 15) is 9.59 Å². The summed E-state index contributed by atoms with van der Waals surface area (Å²) >= 11 is 3.06. The largest absolute Gasteiger partial charge is 0.466 e. The fourth-order valence-corrected chi connectivity index (χ4v) is 2.05. The number of hydrogen-bond donors (Lipinski definition) is 0. The second-order valence-corrected chi connectivity index (χ2v) is 5.33. The minimum atomic E-state index is -0.359. The molecule has 0 aliphatic carbocycles. The van der Waals surface area contributed by atoms with E-state index in [1.165, 1.54) is 14.2 Å². The van der Waals surface area contributed by atoms with Crippen molar-refractivity contribution < 1.29 is 23.5 Å². The molecule has 0 rings (SSSR count). The van der Waals surface area contributed by atoms with Crippen molar-refractivity contribution in [2.75, 3.05) is 45.7 Å². The maximum Gasteiger partial charge on any atom is 0.338 e. The average molecular weight is 460 g/mol. The van der Waals surface area contributed by atoms with Crippen LogP contribution in [0.3, 0.4) is 0 Å². The zero-order chi connectivity index (χ0) is 17.8. The molecule has 0 aliphatic rings. The van der Waals surface area contributed by atoms with Gasteiger partial charge in [-0.1, -0.05) is 29.1 Å². The van der Waals surface area contributed by atoms with Gasteiger partial charge in [-0.3, -0.25) is 0 Å². The average Bonchev–Trinajstić information content (AvgIpc) is 2.57. The van der Waals surface area contributed by atoms with E-state index in [4.69, 9.17) is 0 Å². The molecule has 0 N–H and O–H groups in total. The first kappa shape index (κ1) is 27.2. The Labute approximate surface area is 159 Å². The second kappa shape index (κ2) is 14.9. The molecule has 0 spiro atoms. The third-order valence-corrected chi connectivity index (χ3v) is 4.33. The van der Waals surface area contributed by atoms with Crippen LogP contribution >= 0.6 is 32.9 Å². The Kier molecular flexibility index (Phi) is 17.6. The van der Waals surface area contributed by atoms with Gasteiger partial charge in [0.25, 0.3) is 0 Å². The molecule has 0 unspecified atom stereocenters. The van der Waals surface area contributed by atoms with Crippen molar-refractivity contribution in [3.8, 4) is 0 Å². The summed E-state index contributed by atoms with van der Waals surface area (Å²) in [5, 5.41) is 0.472. The summed E-state index contributed by atoms with van der Waals surface area (Å²) in [7, 11) is 2.72. The number of quaternary nitrogens is 1. The van der Waals surface area contributed by atoms with Crippen molar-refractivity contribution in [2.45, 2.75) is 20.8 Å².